The van der Waals surface area contributed by atoms with E-state index >= 15 is 0 Å². The molecule has 134 valence electrons. The number of aryl methyl sites for hydroxylation is 3. The number of hydrogen-bond donors (Lipinski definition) is 2. The average Bonchev–Trinajstić information content (AvgIpc) is 3.12. The van der Waals surface area contributed by atoms with Gasteiger partial charge in [0.2, 0.25) is 0 Å². The molecule has 3 rings (SSSR count). The largest absolute Gasteiger partial charge is 0.333 e. The highest BCUT2D eigenvalue weighted by Crippen LogP contribution is 2.05. The zero-order valence-electron chi connectivity index (χ0n) is 14.9. The van der Waals surface area contributed by atoms with Crippen LogP contribution in [0.15, 0.2) is 61.1 Å². The third-order valence-corrected chi connectivity index (χ3v) is 4.23. The maximum Gasteiger partial charge on any atom is 0.315 e. The molecule has 0 aliphatic rings. The summed E-state index contributed by atoms with van der Waals surface area (Å²) in [4.78, 5) is 20.6. The molecule has 0 saturated carbocycles. The molecule has 0 radical (unpaired) electrons. The van der Waals surface area contributed by atoms with Crippen molar-refractivity contribution in [1.29, 1.82) is 0 Å². The second-order valence-electron chi connectivity index (χ2n) is 6.08. The van der Waals surface area contributed by atoms with Gasteiger partial charge in [0.05, 0.1) is 18.8 Å². The fourth-order valence-electron chi connectivity index (χ4n) is 2.69. The molecule has 2 amide bonds. The number of hydrogen-bond acceptors (Lipinski definition) is 3. The predicted molar refractivity (Wildman–Crippen MR) is 100 cm³/mol. The molecule has 26 heavy (non-hydrogen) atoms. The molecule has 0 aliphatic carbocycles. The van der Waals surface area contributed by atoms with Crippen LogP contribution in [0.3, 0.4) is 0 Å². The van der Waals surface area contributed by atoms with E-state index in [9.17, 15) is 4.79 Å². The number of imidazole rings is 1. The van der Waals surface area contributed by atoms with E-state index in [1.807, 2.05) is 43.5 Å². The number of nitrogens with zero attached hydrogens (tertiary/aromatic N) is 3. The van der Waals surface area contributed by atoms with Gasteiger partial charge in [0.25, 0.3) is 0 Å². The summed E-state index contributed by atoms with van der Waals surface area (Å²) >= 11 is 0. The first-order valence-electron chi connectivity index (χ1n) is 8.68. The molecule has 0 unspecified atom stereocenters. The topological polar surface area (TPSA) is 71.8 Å². The molecular formula is C20H23N5O. The lowest BCUT2D eigenvalue weighted by Gasteiger charge is -2.10. The summed E-state index contributed by atoms with van der Waals surface area (Å²) in [7, 11) is 0. The molecule has 2 N–H and O–H groups in total. The number of nitrogens with one attached hydrogen (secondary N) is 2. The van der Waals surface area contributed by atoms with Gasteiger partial charge in [-0.3, -0.25) is 4.98 Å². The quantitative estimate of drug-likeness (QED) is 0.689. The van der Waals surface area contributed by atoms with Crippen molar-refractivity contribution in [3.63, 3.8) is 0 Å². The zero-order chi connectivity index (χ0) is 18.2. The standard InChI is InChI=1S/C20H23N5O/c1-16-6-5-10-21-18(16)14-23-20(26)24-15-19-22-11-13-25(19)12-9-17-7-3-2-4-8-17/h2-8,10-11,13H,9,12,14-15H2,1H3,(H2,23,24,26). The summed E-state index contributed by atoms with van der Waals surface area (Å²) in [5.74, 6) is 0.838. The van der Waals surface area contributed by atoms with Gasteiger partial charge < -0.3 is 15.2 Å². The van der Waals surface area contributed by atoms with Crippen LogP contribution in [0.5, 0.6) is 0 Å². The molecule has 2 aromatic heterocycles. The molecule has 0 saturated heterocycles. The number of carbonyl (C=O) groups is 1. The van der Waals surface area contributed by atoms with Crippen molar-refractivity contribution in [2.75, 3.05) is 0 Å². The smallest absolute Gasteiger partial charge is 0.315 e. The van der Waals surface area contributed by atoms with Crippen molar-refractivity contribution >= 4 is 6.03 Å². The van der Waals surface area contributed by atoms with Gasteiger partial charge in [-0.1, -0.05) is 36.4 Å². The minimum absolute atomic E-state index is 0.229. The minimum atomic E-state index is -0.229. The van der Waals surface area contributed by atoms with Crippen LogP contribution in [-0.2, 0) is 26.1 Å². The van der Waals surface area contributed by atoms with Crippen molar-refractivity contribution in [1.82, 2.24) is 25.2 Å². The van der Waals surface area contributed by atoms with E-state index in [0.29, 0.717) is 13.1 Å². The van der Waals surface area contributed by atoms with Crippen LogP contribution in [-0.4, -0.2) is 20.6 Å². The van der Waals surface area contributed by atoms with Crippen LogP contribution in [0.1, 0.15) is 22.6 Å². The summed E-state index contributed by atoms with van der Waals surface area (Å²) in [6.45, 7) is 3.59. The second-order valence-corrected chi connectivity index (χ2v) is 6.08. The van der Waals surface area contributed by atoms with Gasteiger partial charge in [-0.2, -0.15) is 0 Å². The number of benzene rings is 1. The molecule has 1 aromatic carbocycles. The van der Waals surface area contributed by atoms with Gasteiger partial charge in [-0.05, 0) is 30.5 Å². The summed E-state index contributed by atoms with van der Waals surface area (Å²) in [6.07, 6.45) is 6.35. The van der Waals surface area contributed by atoms with Crippen molar-refractivity contribution in [3.05, 3.63) is 83.7 Å². The Labute approximate surface area is 153 Å². The average molecular weight is 349 g/mol. The van der Waals surface area contributed by atoms with Crippen LogP contribution >= 0.6 is 0 Å². The molecule has 2 heterocycles. The number of amides is 2. The summed E-state index contributed by atoms with van der Waals surface area (Å²) in [6, 6.07) is 14.0. The lowest BCUT2D eigenvalue weighted by molar-refractivity contribution is 0.239. The van der Waals surface area contributed by atoms with Gasteiger partial charge in [0, 0.05) is 25.1 Å². The Morgan fingerprint density at radius 1 is 1.00 bits per heavy atom. The Kier molecular flexibility index (Phi) is 5.98. The number of carbonyl (C=O) groups excluding carboxylic acids is 1. The molecule has 0 fully saturated rings. The molecule has 6 nitrogen and oxygen atoms in total. The molecule has 0 bridgehead atoms. The van der Waals surface area contributed by atoms with E-state index in [-0.39, 0.29) is 6.03 Å². The highest BCUT2D eigenvalue weighted by atomic mass is 16.2. The number of pyridine rings is 1. The molecule has 3 aromatic rings. The Balaban J connectivity index is 1.47. The SMILES string of the molecule is Cc1cccnc1CNC(=O)NCc1nccn1CCc1ccccc1. The molecule has 0 aliphatic heterocycles. The Morgan fingerprint density at radius 3 is 2.62 bits per heavy atom. The van der Waals surface area contributed by atoms with Crippen LogP contribution in [0.4, 0.5) is 4.79 Å². The maximum atomic E-state index is 12.0. The van der Waals surface area contributed by atoms with Gasteiger partial charge >= 0.3 is 6.03 Å². The Bertz CT molecular complexity index is 844. The molecule has 6 heteroatoms. The van der Waals surface area contributed by atoms with E-state index in [4.69, 9.17) is 0 Å². The first-order chi connectivity index (χ1) is 12.7. The molecule has 0 atom stereocenters. The lowest BCUT2D eigenvalue weighted by Crippen LogP contribution is -2.35. The van der Waals surface area contributed by atoms with Crippen LogP contribution in [0, 0.1) is 6.92 Å². The van der Waals surface area contributed by atoms with E-state index < -0.39 is 0 Å². The fraction of sp³-hybridized carbons (Fsp3) is 0.250. The number of aromatic nitrogens is 3. The lowest BCUT2D eigenvalue weighted by atomic mass is 10.1. The van der Waals surface area contributed by atoms with Crippen LogP contribution < -0.4 is 10.6 Å². The van der Waals surface area contributed by atoms with Crippen molar-refractivity contribution in [2.24, 2.45) is 0 Å². The summed E-state index contributed by atoms with van der Waals surface area (Å²) in [5, 5.41) is 5.68. The minimum Gasteiger partial charge on any atom is -0.333 e. The second kappa shape index (κ2) is 8.80. The Hall–Kier alpha value is -3.15. The van der Waals surface area contributed by atoms with Crippen LogP contribution in [0.25, 0.3) is 0 Å². The van der Waals surface area contributed by atoms with E-state index in [1.165, 1.54) is 5.56 Å². The first-order valence-corrected chi connectivity index (χ1v) is 8.68. The number of urea groups is 1. The van der Waals surface area contributed by atoms with Crippen molar-refractivity contribution < 1.29 is 4.79 Å². The van der Waals surface area contributed by atoms with Crippen molar-refractivity contribution in [3.8, 4) is 0 Å². The van der Waals surface area contributed by atoms with E-state index in [1.54, 1.807) is 12.4 Å². The zero-order valence-corrected chi connectivity index (χ0v) is 14.9. The summed E-state index contributed by atoms with van der Waals surface area (Å²) < 4.78 is 2.07. The van der Waals surface area contributed by atoms with E-state index in [0.717, 1.165) is 30.0 Å². The van der Waals surface area contributed by atoms with Gasteiger partial charge in [0.15, 0.2) is 0 Å². The molecule has 0 spiro atoms. The third-order valence-electron chi connectivity index (χ3n) is 4.23. The van der Waals surface area contributed by atoms with Gasteiger partial charge in [-0.15, -0.1) is 0 Å². The van der Waals surface area contributed by atoms with Crippen LogP contribution in [0.2, 0.25) is 0 Å². The third kappa shape index (κ3) is 4.92. The van der Waals surface area contributed by atoms with Gasteiger partial charge in [-0.25, -0.2) is 9.78 Å². The monoisotopic (exact) mass is 349 g/mol. The summed E-state index contributed by atoms with van der Waals surface area (Å²) in [5.41, 5.74) is 3.21. The predicted octanol–water partition coefficient (Wildman–Crippen LogP) is 2.83. The Morgan fingerprint density at radius 2 is 1.81 bits per heavy atom. The highest BCUT2D eigenvalue weighted by molar-refractivity contribution is 5.73. The highest BCUT2D eigenvalue weighted by Gasteiger charge is 2.07. The van der Waals surface area contributed by atoms with Gasteiger partial charge in [0.1, 0.15) is 5.82 Å². The maximum absolute atomic E-state index is 12.0. The first kappa shape index (κ1) is 17.7. The fourth-order valence-corrected chi connectivity index (χ4v) is 2.69. The number of rotatable bonds is 7. The molecular weight excluding hydrogens is 326 g/mol. The normalized spacial score (nSPS) is 10.5. The van der Waals surface area contributed by atoms with E-state index in [2.05, 4.69) is 37.3 Å². The van der Waals surface area contributed by atoms with Crippen molar-refractivity contribution in [2.45, 2.75) is 33.0 Å².